The van der Waals surface area contributed by atoms with Crippen LogP contribution in [-0.4, -0.2) is 48.2 Å². The van der Waals surface area contributed by atoms with Gasteiger partial charge in [0.05, 0.1) is 30.5 Å². The number of benzene rings is 2. The van der Waals surface area contributed by atoms with E-state index in [4.69, 9.17) is 4.74 Å². The van der Waals surface area contributed by atoms with Gasteiger partial charge in [0, 0.05) is 6.42 Å². The van der Waals surface area contributed by atoms with E-state index in [-0.39, 0.29) is 43.7 Å². The Morgan fingerprint density at radius 3 is 2.16 bits per heavy atom. The summed E-state index contributed by atoms with van der Waals surface area (Å²) in [5.74, 6) is -2.57. The fourth-order valence-corrected chi connectivity index (χ4v) is 4.66. The van der Waals surface area contributed by atoms with E-state index in [0.717, 1.165) is 11.1 Å². The van der Waals surface area contributed by atoms with E-state index in [9.17, 15) is 23.9 Å². The van der Waals surface area contributed by atoms with E-state index in [0.29, 0.717) is 25.7 Å². The number of hydrogen-bond donors (Lipinski definition) is 3. The number of carbonyl (C=O) groups excluding carboxylic acids is 3. The van der Waals surface area contributed by atoms with Crippen molar-refractivity contribution in [1.82, 2.24) is 10.6 Å². The molecule has 3 N–H and O–H groups in total. The summed E-state index contributed by atoms with van der Waals surface area (Å²) in [5.41, 5.74) is 1.35. The quantitative estimate of drug-likeness (QED) is 0.160. The summed E-state index contributed by atoms with van der Waals surface area (Å²) in [5, 5.41) is 15.6. The number of aliphatic hydroxyl groups is 1. The molecule has 0 heterocycles. The molecule has 0 aliphatic rings. The summed E-state index contributed by atoms with van der Waals surface area (Å²) >= 11 is 0. The van der Waals surface area contributed by atoms with Crippen LogP contribution < -0.4 is 10.6 Å². The van der Waals surface area contributed by atoms with Crippen LogP contribution in [0, 0.1) is 23.1 Å². The number of carbonyl (C=O) groups is 3. The number of ether oxygens (including phenoxy) is 1. The van der Waals surface area contributed by atoms with Gasteiger partial charge in [0.1, 0.15) is 12.4 Å². The van der Waals surface area contributed by atoms with E-state index in [2.05, 4.69) is 23.8 Å². The monoisotopic (exact) mass is 594 g/mol. The van der Waals surface area contributed by atoms with Crippen LogP contribution in [0.25, 0.3) is 0 Å². The van der Waals surface area contributed by atoms with Gasteiger partial charge in [0.25, 0.3) is 0 Å². The number of amides is 2. The maximum atomic E-state index is 13.4. The van der Waals surface area contributed by atoms with Crippen molar-refractivity contribution in [2.24, 2.45) is 17.3 Å². The van der Waals surface area contributed by atoms with Gasteiger partial charge >= 0.3 is 5.97 Å². The van der Waals surface area contributed by atoms with E-state index in [1.54, 1.807) is 24.3 Å². The lowest BCUT2D eigenvalue weighted by molar-refractivity contribution is -0.151. The number of nitrogens with one attached hydrogen (secondary N) is 2. The molecule has 0 radical (unpaired) electrons. The molecule has 2 rings (SSSR count). The summed E-state index contributed by atoms with van der Waals surface area (Å²) in [6.07, 6.45) is 5.54. The van der Waals surface area contributed by atoms with Crippen LogP contribution >= 0.6 is 0 Å². The van der Waals surface area contributed by atoms with Crippen molar-refractivity contribution in [3.05, 3.63) is 96.9 Å². The topological polar surface area (TPSA) is 105 Å². The zero-order valence-electron chi connectivity index (χ0n) is 25.7. The number of allylic oxidation sites excluding steroid dienone is 2. The van der Waals surface area contributed by atoms with Gasteiger partial charge in [-0.05, 0) is 60.8 Å². The Hall–Kier alpha value is -3.78. The smallest absolute Gasteiger partial charge is 0.309 e. The van der Waals surface area contributed by atoms with Crippen molar-refractivity contribution in [3.8, 4) is 0 Å². The highest BCUT2D eigenvalue weighted by Gasteiger charge is 2.32. The van der Waals surface area contributed by atoms with Crippen LogP contribution in [0.1, 0.15) is 57.6 Å². The van der Waals surface area contributed by atoms with E-state index >= 15 is 0 Å². The lowest BCUT2D eigenvalue weighted by atomic mass is 9.86. The van der Waals surface area contributed by atoms with Gasteiger partial charge in [-0.15, -0.1) is 13.2 Å². The second-order valence-corrected chi connectivity index (χ2v) is 12.0. The van der Waals surface area contributed by atoms with Gasteiger partial charge in [-0.2, -0.15) is 0 Å². The third-order valence-electron chi connectivity index (χ3n) is 7.37. The molecule has 7 nitrogen and oxygen atoms in total. The maximum absolute atomic E-state index is 13.4. The first-order chi connectivity index (χ1) is 20.5. The number of aliphatic hydroxyl groups excluding tert-OH is 1. The minimum atomic E-state index is -0.687. The molecule has 43 heavy (non-hydrogen) atoms. The Morgan fingerprint density at radius 1 is 0.930 bits per heavy atom. The molecule has 0 aromatic heterocycles. The van der Waals surface area contributed by atoms with Crippen LogP contribution in [0.2, 0.25) is 0 Å². The fourth-order valence-electron chi connectivity index (χ4n) is 4.66. The van der Waals surface area contributed by atoms with Crippen molar-refractivity contribution >= 4 is 17.8 Å². The summed E-state index contributed by atoms with van der Waals surface area (Å²) in [7, 11) is 0. The molecular weight excluding hydrogens is 547 g/mol. The van der Waals surface area contributed by atoms with Crippen LogP contribution in [-0.2, 0) is 32.0 Å². The Labute approximate surface area is 255 Å². The SMILES string of the molecule is C=CCC[C@H](Cc1ccc(F)cc1)C(=O)OC[C@@H](NC(=O)[C@@H](CC=C)CC(=O)N[C@@H](CO)Cc1ccccc1)C(C)(C)C. The van der Waals surface area contributed by atoms with Gasteiger partial charge in [0.15, 0.2) is 0 Å². The number of halogens is 1. The molecule has 0 fully saturated rings. The average Bonchev–Trinajstić information content (AvgIpc) is 2.97. The summed E-state index contributed by atoms with van der Waals surface area (Å²) in [6, 6.07) is 14.6. The summed E-state index contributed by atoms with van der Waals surface area (Å²) < 4.78 is 19.1. The van der Waals surface area contributed by atoms with Crippen LogP contribution in [0.3, 0.4) is 0 Å². The van der Waals surface area contributed by atoms with E-state index in [1.165, 1.54) is 12.1 Å². The van der Waals surface area contributed by atoms with Gasteiger partial charge in [0.2, 0.25) is 11.8 Å². The van der Waals surface area contributed by atoms with Crippen molar-refractivity contribution < 1.29 is 28.6 Å². The second kappa shape index (κ2) is 18.0. The lowest BCUT2D eigenvalue weighted by Gasteiger charge is -2.32. The maximum Gasteiger partial charge on any atom is 0.309 e. The van der Waals surface area contributed by atoms with Gasteiger partial charge in [-0.25, -0.2) is 4.39 Å². The van der Waals surface area contributed by atoms with Gasteiger partial charge in [-0.1, -0.05) is 75.4 Å². The molecule has 0 spiro atoms. The number of hydrogen-bond acceptors (Lipinski definition) is 5. The third kappa shape index (κ3) is 13.0. The number of esters is 1. The van der Waals surface area contributed by atoms with Gasteiger partial charge < -0.3 is 20.5 Å². The number of rotatable bonds is 18. The van der Waals surface area contributed by atoms with Crippen molar-refractivity contribution in [2.75, 3.05) is 13.2 Å². The van der Waals surface area contributed by atoms with Gasteiger partial charge in [-0.3, -0.25) is 14.4 Å². The van der Waals surface area contributed by atoms with Crippen LogP contribution in [0.15, 0.2) is 79.9 Å². The molecule has 2 aromatic carbocycles. The molecule has 0 aliphatic carbocycles. The lowest BCUT2D eigenvalue weighted by Crippen LogP contribution is -2.50. The Bertz CT molecular complexity index is 1180. The minimum absolute atomic E-state index is 0.0429. The average molecular weight is 595 g/mol. The van der Waals surface area contributed by atoms with E-state index < -0.39 is 35.3 Å². The zero-order valence-corrected chi connectivity index (χ0v) is 25.7. The Balaban J connectivity index is 2.03. The molecule has 4 atom stereocenters. The standard InChI is InChI=1S/C35H47FN2O5/c1-6-8-15-28(20-26-16-18-29(36)19-17-26)34(42)43-24-31(35(3,4)5)38-33(41)27(12-7-2)22-32(40)37-30(23-39)21-25-13-10-9-11-14-25/h6-7,9-11,13-14,16-19,27-28,30-31,39H,1-2,8,12,15,20-24H2,3-5H3,(H,37,40)(H,38,41)/t27-,28+,30+,31+/m0/s1. The van der Waals surface area contributed by atoms with Crippen molar-refractivity contribution in [1.29, 1.82) is 0 Å². The Morgan fingerprint density at radius 2 is 1.58 bits per heavy atom. The van der Waals surface area contributed by atoms with Crippen LogP contribution in [0.5, 0.6) is 0 Å². The highest BCUT2D eigenvalue weighted by molar-refractivity contribution is 5.86. The largest absolute Gasteiger partial charge is 0.463 e. The molecule has 0 bridgehead atoms. The van der Waals surface area contributed by atoms with E-state index in [1.807, 2.05) is 51.1 Å². The highest BCUT2D eigenvalue weighted by Crippen LogP contribution is 2.23. The first-order valence-electron chi connectivity index (χ1n) is 14.8. The molecular formula is C35H47FN2O5. The molecule has 0 aliphatic heterocycles. The fraction of sp³-hybridized carbons (Fsp3) is 0.457. The molecule has 2 aromatic rings. The minimum Gasteiger partial charge on any atom is -0.463 e. The molecule has 234 valence electrons. The third-order valence-corrected chi connectivity index (χ3v) is 7.37. The zero-order chi connectivity index (χ0) is 31.8. The van der Waals surface area contributed by atoms with Crippen molar-refractivity contribution in [2.45, 2.75) is 71.4 Å². The molecule has 0 unspecified atom stereocenters. The second-order valence-electron chi connectivity index (χ2n) is 12.0. The first kappa shape index (κ1) is 35.4. The Kier molecular flexibility index (Phi) is 14.8. The molecule has 2 amide bonds. The van der Waals surface area contributed by atoms with Crippen LogP contribution in [0.4, 0.5) is 4.39 Å². The highest BCUT2D eigenvalue weighted by atomic mass is 19.1. The summed E-state index contributed by atoms with van der Waals surface area (Å²) in [4.78, 5) is 39.4. The molecule has 0 saturated heterocycles. The normalized spacial score (nSPS) is 14.1. The first-order valence-corrected chi connectivity index (χ1v) is 14.8. The molecule has 8 heteroatoms. The van der Waals surface area contributed by atoms with Crippen molar-refractivity contribution in [3.63, 3.8) is 0 Å². The predicted molar refractivity (Wildman–Crippen MR) is 167 cm³/mol. The molecule has 0 saturated carbocycles. The summed E-state index contributed by atoms with van der Waals surface area (Å²) in [6.45, 7) is 13.0. The predicted octanol–water partition coefficient (Wildman–Crippen LogP) is 5.33.